The van der Waals surface area contributed by atoms with Gasteiger partial charge in [-0.1, -0.05) is 394 Å². The molecule has 0 bridgehead atoms. The summed E-state index contributed by atoms with van der Waals surface area (Å²) < 4.78 is 0. The lowest BCUT2D eigenvalue weighted by Crippen LogP contribution is -2.31. The molecule has 2 aliphatic heterocycles. The predicted molar refractivity (Wildman–Crippen MR) is 499 cm³/mol. The standard InChI is InChI=1S/C60H37N3S.C53H32N4S/c1-3-16-39(17-4-1)52-37-53(63-59(62-52)41-18-5-2-6-19-41)43-21-15-20-42(36-43)38-30-32-40(33-31-38)58-46-34-35-50-57(56(46)45-23-8-12-27-51(45)61-58)44-22-7-9-24-47(44)60(50)48-25-10-13-28-54(48)64-55-29-14-11-26-49(55)60;1-3-15-34(16-4-1)50-55-51(35-17-5-2-6-18-35)57-52(56-50)36-29-27-33(28-30-36)49-39-31-32-43-48(47(39)38-20-8-12-24-44(38)54-49)37-19-7-9-21-40(37)53(43)41-22-10-13-25-45(41)58-46-26-14-11-23-42(46)53/h1-37H;1-32H. The summed E-state index contributed by atoms with van der Waals surface area (Å²) in [5.41, 5.74) is 30.8. The Morgan fingerprint density at radius 1 is 0.180 bits per heavy atom. The predicted octanol–water partition coefficient (Wildman–Crippen LogP) is 28.4. The van der Waals surface area contributed by atoms with E-state index < -0.39 is 10.8 Å². The van der Waals surface area contributed by atoms with E-state index in [0.717, 1.165) is 106 Å². The average Bonchev–Trinajstić information content (AvgIpc) is 1.50. The monoisotopic (exact) mass is 1590 g/mol. The molecule has 7 nitrogen and oxygen atoms in total. The first-order chi connectivity index (χ1) is 60.5. The Kier molecular flexibility index (Phi) is 16.8. The molecule has 0 radical (unpaired) electrons. The Morgan fingerprint density at radius 2 is 0.492 bits per heavy atom. The Labute approximate surface area is 714 Å². The third-order valence-corrected chi connectivity index (χ3v) is 27.2. The molecule has 17 aromatic carbocycles. The van der Waals surface area contributed by atoms with Gasteiger partial charge in [-0.15, -0.1) is 0 Å². The molecule has 0 atom stereocenters. The van der Waals surface area contributed by atoms with Crippen LogP contribution >= 0.6 is 23.5 Å². The number of pyridine rings is 2. The van der Waals surface area contributed by atoms with E-state index in [1.807, 2.05) is 108 Å². The molecule has 6 heterocycles. The third-order valence-electron chi connectivity index (χ3n) is 24.9. The van der Waals surface area contributed by atoms with Crippen LogP contribution in [0.1, 0.15) is 44.5 Å². The smallest absolute Gasteiger partial charge is 0.164 e. The molecule has 25 rings (SSSR count). The summed E-state index contributed by atoms with van der Waals surface area (Å²) in [6.45, 7) is 0. The van der Waals surface area contributed by atoms with Crippen molar-refractivity contribution in [2.24, 2.45) is 0 Å². The first kappa shape index (κ1) is 71.0. The molecule has 0 saturated heterocycles. The number of hydrogen-bond acceptors (Lipinski definition) is 9. The van der Waals surface area contributed by atoms with E-state index >= 15 is 0 Å². The lowest BCUT2D eigenvalue weighted by atomic mass is 9.67. The average molecular weight is 1590 g/mol. The van der Waals surface area contributed by atoms with Crippen LogP contribution < -0.4 is 0 Å². The summed E-state index contributed by atoms with van der Waals surface area (Å²) in [6, 6.07) is 150. The summed E-state index contributed by atoms with van der Waals surface area (Å²) in [5, 5.41) is 7.08. The van der Waals surface area contributed by atoms with E-state index in [-0.39, 0.29) is 0 Å². The Balaban J connectivity index is 0.000000139. The number of nitrogens with zero attached hydrogens (tertiary/aromatic N) is 7. The number of rotatable bonds is 9. The quantitative estimate of drug-likeness (QED) is 0.131. The van der Waals surface area contributed by atoms with Crippen molar-refractivity contribution < 1.29 is 0 Å². The molecule has 2 spiro atoms. The lowest BCUT2D eigenvalue weighted by molar-refractivity contribution is 0.723. The van der Waals surface area contributed by atoms with Crippen LogP contribution in [0, 0.1) is 0 Å². The van der Waals surface area contributed by atoms with Gasteiger partial charge in [0.15, 0.2) is 23.3 Å². The van der Waals surface area contributed by atoms with E-state index in [9.17, 15) is 0 Å². The van der Waals surface area contributed by atoms with Gasteiger partial charge in [-0.25, -0.2) is 34.9 Å². The maximum Gasteiger partial charge on any atom is 0.164 e. The zero-order valence-electron chi connectivity index (χ0n) is 65.8. The van der Waals surface area contributed by atoms with Gasteiger partial charge in [0.25, 0.3) is 0 Å². The van der Waals surface area contributed by atoms with Crippen molar-refractivity contribution in [1.29, 1.82) is 0 Å². The molecule has 0 amide bonds. The highest BCUT2D eigenvalue weighted by atomic mass is 32.2. The van der Waals surface area contributed by atoms with Crippen molar-refractivity contribution >= 4 is 66.9 Å². The molecule has 0 N–H and O–H groups in total. The first-order valence-electron chi connectivity index (χ1n) is 41.3. The van der Waals surface area contributed by atoms with Crippen molar-refractivity contribution in [3.63, 3.8) is 0 Å². The fourth-order valence-corrected chi connectivity index (χ4v) is 22.1. The molecular formula is C113H69N7S2. The van der Waals surface area contributed by atoms with Gasteiger partial charge in [-0.2, -0.15) is 0 Å². The van der Waals surface area contributed by atoms with E-state index in [4.69, 9.17) is 34.9 Å². The van der Waals surface area contributed by atoms with Crippen molar-refractivity contribution in [2.45, 2.75) is 30.4 Å². The maximum atomic E-state index is 5.44. The Bertz CT molecular complexity index is 7610. The minimum Gasteiger partial charge on any atom is -0.247 e. The van der Waals surface area contributed by atoms with Gasteiger partial charge in [0.2, 0.25) is 0 Å². The topological polar surface area (TPSA) is 90.2 Å². The molecule has 0 fully saturated rings. The fourth-order valence-electron chi connectivity index (χ4n) is 19.7. The van der Waals surface area contributed by atoms with Gasteiger partial charge in [-0.05, 0) is 126 Å². The summed E-state index contributed by atoms with van der Waals surface area (Å²) in [7, 11) is 0. The van der Waals surface area contributed by atoms with Crippen molar-refractivity contribution in [3.05, 3.63) is 463 Å². The van der Waals surface area contributed by atoms with Gasteiger partial charge in [0, 0.05) is 96.4 Å². The zero-order valence-corrected chi connectivity index (χ0v) is 67.4. The second kappa shape index (κ2) is 28.9. The molecule has 568 valence electrons. The van der Waals surface area contributed by atoms with E-state index in [1.54, 1.807) is 0 Å². The number of para-hydroxylation sites is 2. The SMILES string of the molecule is c1ccc(-c2cc(-c3cccc(-c4ccc(-c5nc6ccccc6c6c7c(ccc56)C5(c6ccccc6Sc6ccccc65)c5ccccc5-7)cc4)c3)nc(-c3ccccc3)n2)cc1.c1ccc(-c2nc(-c3ccccc3)nc(-c3ccc(-c4nc5ccccc5c5c6c(ccc45)C4(c5ccccc5Sc5ccccc54)c4ccccc4-6)cc3)n2)cc1. The van der Waals surface area contributed by atoms with Gasteiger partial charge >= 0.3 is 0 Å². The van der Waals surface area contributed by atoms with Crippen molar-refractivity contribution in [2.75, 3.05) is 0 Å². The van der Waals surface area contributed by atoms with Crippen LogP contribution in [0.25, 0.3) is 167 Å². The Hall–Kier alpha value is -15.1. The van der Waals surface area contributed by atoms with E-state index in [1.165, 1.54) is 103 Å². The molecule has 4 aliphatic rings. The summed E-state index contributed by atoms with van der Waals surface area (Å²) in [5.74, 6) is 2.62. The van der Waals surface area contributed by atoms with Crippen LogP contribution in [-0.4, -0.2) is 34.9 Å². The lowest BCUT2D eigenvalue weighted by Gasteiger charge is -2.39. The minimum absolute atomic E-state index is 0.447. The van der Waals surface area contributed by atoms with Crippen LogP contribution in [0.4, 0.5) is 0 Å². The molecule has 4 aromatic heterocycles. The minimum atomic E-state index is -0.452. The third kappa shape index (κ3) is 11.3. The van der Waals surface area contributed by atoms with Gasteiger partial charge in [-0.3, -0.25) is 0 Å². The summed E-state index contributed by atoms with van der Waals surface area (Å²) in [4.78, 5) is 41.0. The van der Waals surface area contributed by atoms with Gasteiger partial charge in [0.1, 0.15) is 0 Å². The van der Waals surface area contributed by atoms with Crippen molar-refractivity contribution in [1.82, 2.24) is 34.9 Å². The summed E-state index contributed by atoms with van der Waals surface area (Å²) in [6.07, 6.45) is 0. The van der Waals surface area contributed by atoms with E-state index in [2.05, 4.69) is 334 Å². The largest absolute Gasteiger partial charge is 0.247 e. The normalized spacial score (nSPS) is 13.1. The second-order valence-electron chi connectivity index (χ2n) is 31.5. The van der Waals surface area contributed by atoms with Gasteiger partial charge < -0.3 is 0 Å². The number of hydrogen-bond donors (Lipinski definition) is 0. The second-order valence-corrected chi connectivity index (χ2v) is 33.7. The summed E-state index contributed by atoms with van der Waals surface area (Å²) >= 11 is 3.76. The molecular weight excluding hydrogens is 1520 g/mol. The van der Waals surface area contributed by atoms with Crippen molar-refractivity contribution in [3.8, 4) is 124 Å². The van der Waals surface area contributed by atoms with E-state index in [0.29, 0.717) is 23.3 Å². The molecule has 21 aromatic rings. The maximum absolute atomic E-state index is 5.44. The number of aromatic nitrogens is 7. The highest BCUT2D eigenvalue weighted by Gasteiger charge is 2.53. The first-order valence-corrected chi connectivity index (χ1v) is 43.0. The van der Waals surface area contributed by atoms with Crippen LogP contribution in [-0.2, 0) is 10.8 Å². The highest BCUT2D eigenvalue weighted by Crippen LogP contribution is 2.66. The molecule has 0 saturated carbocycles. The Morgan fingerprint density at radius 3 is 0.918 bits per heavy atom. The molecule has 9 heteroatoms. The number of benzene rings is 17. The molecule has 2 aliphatic carbocycles. The fraction of sp³-hybridized carbons (Fsp3) is 0.0177. The highest BCUT2D eigenvalue weighted by molar-refractivity contribution is 7.99. The van der Waals surface area contributed by atoms with Gasteiger partial charge in [0.05, 0.1) is 44.6 Å². The van der Waals surface area contributed by atoms with Crippen LogP contribution in [0.5, 0.6) is 0 Å². The van der Waals surface area contributed by atoms with Crippen LogP contribution in [0.3, 0.4) is 0 Å². The van der Waals surface area contributed by atoms with Crippen LogP contribution in [0.15, 0.2) is 438 Å². The zero-order chi connectivity index (χ0) is 80.4. The molecule has 0 unspecified atom stereocenters. The number of fused-ring (bicyclic) bond motifs is 26. The molecule has 122 heavy (non-hydrogen) atoms. The van der Waals surface area contributed by atoms with Crippen LogP contribution in [0.2, 0.25) is 0 Å².